The van der Waals surface area contributed by atoms with Crippen LogP contribution < -0.4 is 5.73 Å². The SMILES string of the molecule is Nc1c([N+](=O)[O-])cnn1Cc1ccc(Cl)c(F)c1. The lowest BCUT2D eigenvalue weighted by Gasteiger charge is -2.04. The Morgan fingerprint density at radius 2 is 2.28 bits per heavy atom. The molecule has 6 nitrogen and oxygen atoms in total. The van der Waals surface area contributed by atoms with Crippen molar-refractivity contribution in [3.63, 3.8) is 0 Å². The highest BCUT2D eigenvalue weighted by Gasteiger charge is 2.17. The van der Waals surface area contributed by atoms with Gasteiger partial charge in [0.1, 0.15) is 12.0 Å². The van der Waals surface area contributed by atoms with Crippen LogP contribution in [0.5, 0.6) is 0 Å². The minimum absolute atomic E-state index is 0.0122. The van der Waals surface area contributed by atoms with Gasteiger partial charge in [0.15, 0.2) is 0 Å². The third-order valence-electron chi connectivity index (χ3n) is 2.37. The number of anilines is 1. The molecule has 0 saturated heterocycles. The van der Waals surface area contributed by atoms with E-state index in [1.807, 2.05) is 0 Å². The monoisotopic (exact) mass is 270 g/mol. The number of benzene rings is 1. The molecule has 94 valence electrons. The summed E-state index contributed by atoms with van der Waals surface area (Å²) in [7, 11) is 0. The van der Waals surface area contributed by atoms with Crippen LogP contribution in [-0.2, 0) is 6.54 Å². The number of nitrogens with zero attached hydrogens (tertiary/aromatic N) is 3. The number of aromatic nitrogens is 2. The van der Waals surface area contributed by atoms with E-state index in [0.717, 1.165) is 6.20 Å². The molecule has 2 aromatic rings. The van der Waals surface area contributed by atoms with Gasteiger partial charge in [-0.1, -0.05) is 17.7 Å². The summed E-state index contributed by atoms with van der Waals surface area (Å²) in [5, 5.41) is 14.4. The van der Waals surface area contributed by atoms with Crippen molar-refractivity contribution in [3.05, 3.63) is 50.9 Å². The summed E-state index contributed by atoms with van der Waals surface area (Å²) in [5.74, 6) is -0.634. The van der Waals surface area contributed by atoms with Crippen LogP contribution in [-0.4, -0.2) is 14.7 Å². The summed E-state index contributed by atoms with van der Waals surface area (Å²) in [4.78, 5) is 9.96. The Hall–Kier alpha value is -2.15. The zero-order chi connectivity index (χ0) is 13.3. The number of hydrogen-bond acceptors (Lipinski definition) is 4. The Bertz CT molecular complexity index is 614. The van der Waals surface area contributed by atoms with Crippen LogP contribution in [0.1, 0.15) is 5.56 Å². The summed E-state index contributed by atoms with van der Waals surface area (Å²) >= 11 is 5.55. The maximum atomic E-state index is 13.2. The first-order valence-electron chi connectivity index (χ1n) is 4.88. The first-order chi connectivity index (χ1) is 8.49. The Labute approximate surface area is 106 Å². The highest BCUT2D eigenvalue weighted by molar-refractivity contribution is 6.30. The van der Waals surface area contributed by atoms with E-state index >= 15 is 0 Å². The summed E-state index contributed by atoms with van der Waals surface area (Å²) in [6, 6.07) is 4.23. The fraction of sp³-hybridized carbons (Fsp3) is 0.100. The van der Waals surface area contributed by atoms with Gasteiger partial charge in [-0.05, 0) is 17.7 Å². The van der Waals surface area contributed by atoms with Gasteiger partial charge in [-0.2, -0.15) is 5.10 Å². The molecule has 18 heavy (non-hydrogen) atoms. The fourth-order valence-corrected chi connectivity index (χ4v) is 1.58. The standard InChI is InChI=1S/C10H8ClFN4O2/c11-7-2-1-6(3-8(7)12)5-15-10(13)9(4-14-15)16(17)18/h1-4H,5,13H2. The first-order valence-corrected chi connectivity index (χ1v) is 5.26. The van der Waals surface area contributed by atoms with Gasteiger partial charge in [0.2, 0.25) is 5.82 Å². The average molecular weight is 271 g/mol. The van der Waals surface area contributed by atoms with E-state index in [1.165, 1.54) is 16.8 Å². The molecule has 0 fully saturated rings. The maximum absolute atomic E-state index is 13.2. The van der Waals surface area contributed by atoms with E-state index in [1.54, 1.807) is 6.07 Å². The molecule has 0 atom stereocenters. The van der Waals surface area contributed by atoms with Gasteiger partial charge in [0.05, 0.1) is 16.5 Å². The Kier molecular flexibility index (Phi) is 3.15. The van der Waals surface area contributed by atoms with Crippen LogP contribution in [0.15, 0.2) is 24.4 Å². The summed E-state index contributed by atoms with van der Waals surface area (Å²) < 4.78 is 14.4. The molecule has 2 N–H and O–H groups in total. The largest absolute Gasteiger partial charge is 0.378 e. The molecule has 0 saturated carbocycles. The lowest BCUT2D eigenvalue weighted by Crippen LogP contribution is -2.07. The number of nitro groups is 1. The third kappa shape index (κ3) is 2.25. The van der Waals surface area contributed by atoms with E-state index in [-0.39, 0.29) is 23.1 Å². The predicted octanol–water partition coefficient (Wildman–Crippen LogP) is 2.21. The third-order valence-corrected chi connectivity index (χ3v) is 2.68. The van der Waals surface area contributed by atoms with Crippen LogP contribution in [0.3, 0.4) is 0 Å². The lowest BCUT2D eigenvalue weighted by molar-refractivity contribution is -0.384. The van der Waals surface area contributed by atoms with Crippen molar-refractivity contribution in [1.29, 1.82) is 0 Å². The first kappa shape index (κ1) is 12.3. The van der Waals surface area contributed by atoms with Crippen molar-refractivity contribution in [2.24, 2.45) is 0 Å². The second-order valence-electron chi connectivity index (χ2n) is 3.58. The molecule has 2 rings (SSSR count). The highest BCUT2D eigenvalue weighted by Crippen LogP contribution is 2.22. The quantitative estimate of drug-likeness (QED) is 0.684. The van der Waals surface area contributed by atoms with Crippen molar-refractivity contribution in [3.8, 4) is 0 Å². The molecule has 0 aliphatic carbocycles. The topological polar surface area (TPSA) is 87.0 Å². The smallest absolute Gasteiger partial charge is 0.330 e. The van der Waals surface area contributed by atoms with E-state index in [2.05, 4.69) is 5.10 Å². The zero-order valence-corrected chi connectivity index (χ0v) is 9.76. The second-order valence-corrected chi connectivity index (χ2v) is 3.99. The number of rotatable bonds is 3. The highest BCUT2D eigenvalue weighted by atomic mass is 35.5. The number of hydrogen-bond donors (Lipinski definition) is 1. The predicted molar refractivity (Wildman–Crippen MR) is 63.8 cm³/mol. The van der Waals surface area contributed by atoms with E-state index in [4.69, 9.17) is 17.3 Å². The van der Waals surface area contributed by atoms with Crippen molar-refractivity contribution in [2.75, 3.05) is 5.73 Å². The van der Waals surface area contributed by atoms with E-state index in [9.17, 15) is 14.5 Å². The minimum atomic E-state index is -0.624. The fourth-order valence-electron chi connectivity index (χ4n) is 1.46. The molecule has 0 radical (unpaired) electrons. The lowest BCUT2D eigenvalue weighted by atomic mass is 10.2. The van der Waals surface area contributed by atoms with Gasteiger partial charge in [-0.25, -0.2) is 9.07 Å². The van der Waals surface area contributed by atoms with Gasteiger partial charge in [0, 0.05) is 0 Å². The summed E-state index contributed by atoms with van der Waals surface area (Å²) in [5.41, 5.74) is 5.84. The molecule has 0 aliphatic rings. The number of nitrogens with two attached hydrogens (primary N) is 1. The molecule has 0 aliphatic heterocycles. The molecule has 1 aromatic carbocycles. The van der Waals surface area contributed by atoms with Crippen LogP contribution in [0.4, 0.5) is 15.9 Å². The molecule has 8 heteroatoms. The van der Waals surface area contributed by atoms with Gasteiger partial charge >= 0.3 is 5.69 Å². The Balaban J connectivity index is 2.29. The van der Waals surface area contributed by atoms with Crippen LogP contribution in [0, 0.1) is 15.9 Å². The van der Waals surface area contributed by atoms with E-state index < -0.39 is 10.7 Å². The van der Waals surface area contributed by atoms with Crippen molar-refractivity contribution in [1.82, 2.24) is 9.78 Å². The second kappa shape index (κ2) is 4.61. The number of halogens is 2. The van der Waals surface area contributed by atoms with Gasteiger partial charge in [0.25, 0.3) is 0 Å². The molecular formula is C10H8ClFN4O2. The zero-order valence-electron chi connectivity index (χ0n) is 9.01. The molecule has 1 heterocycles. The minimum Gasteiger partial charge on any atom is -0.378 e. The molecule has 1 aromatic heterocycles. The van der Waals surface area contributed by atoms with Gasteiger partial charge < -0.3 is 5.73 Å². The van der Waals surface area contributed by atoms with Crippen LogP contribution in [0.25, 0.3) is 0 Å². The maximum Gasteiger partial charge on any atom is 0.330 e. The summed E-state index contributed by atoms with van der Waals surface area (Å²) in [6.45, 7) is 0.133. The molecule has 0 spiro atoms. The molecule has 0 bridgehead atoms. The van der Waals surface area contributed by atoms with Gasteiger partial charge in [-0.3, -0.25) is 10.1 Å². The Morgan fingerprint density at radius 1 is 1.56 bits per heavy atom. The number of nitrogen functional groups attached to an aromatic ring is 1. The van der Waals surface area contributed by atoms with Crippen LogP contribution in [0.2, 0.25) is 5.02 Å². The average Bonchev–Trinajstić information content (AvgIpc) is 2.66. The van der Waals surface area contributed by atoms with E-state index in [0.29, 0.717) is 5.56 Å². The summed E-state index contributed by atoms with van der Waals surface area (Å²) in [6.07, 6.45) is 1.06. The van der Waals surface area contributed by atoms with Gasteiger partial charge in [-0.15, -0.1) is 0 Å². The van der Waals surface area contributed by atoms with Crippen molar-refractivity contribution >= 4 is 23.1 Å². The molecular weight excluding hydrogens is 263 g/mol. The molecule has 0 unspecified atom stereocenters. The Morgan fingerprint density at radius 3 is 2.83 bits per heavy atom. The van der Waals surface area contributed by atoms with Crippen molar-refractivity contribution in [2.45, 2.75) is 6.54 Å². The van der Waals surface area contributed by atoms with Crippen molar-refractivity contribution < 1.29 is 9.31 Å². The molecule has 0 amide bonds. The van der Waals surface area contributed by atoms with Crippen LogP contribution >= 0.6 is 11.6 Å². The normalized spacial score (nSPS) is 10.6.